The van der Waals surface area contributed by atoms with Gasteiger partial charge in [-0.1, -0.05) is 279 Å². The van der Waals surface area contributed by atoms with E-state index < -0.39 is 10.8 Å². The maximum Gasteiger partial charge on any atom is 0.135 e. The number of nitrogens with zero attached hydrogens (tertiary/aromatic N) is 4. The molecule has 5 nitrogen and oxygen atoms in total. The predicted octanol–water partition coefficient (Wildman–Crippen LogP) is 30.2. The summed E-state index contributed by atoms with van der Waals surface area (Å²) in [7, 11) is 0. The summed E-state index contributed by atoms with van der Waals surface area (Å²) in [6.45, 7) is 0. The molecule has 20 aromatic rings. The van der Waals surface area contributed by atoms with E-state index in [1.54, 1.807) is 0 Å². The normalized spacial score (nSPS) is 13.4. The van der Waals surface area contributed by atoms with E-state index in [9.17, 15) is 0 Å². The molecular weight excluding hydrogens is 1430 g/mol. The minimum atomic E-state index is -0.662. The van der Waals surface area contributed by atoms with Gasteiger partial charge in [0.05, 0.1) is 39.3 Å². The molecule has 2 aromatic heterocycles. The second-order valence-electron chi connectivity index (χ2n) is 30.9. The van der Waals surface area contributed by atoms with Crippen LogP contribution in [-0.4, -0.2) is 0 Å². The summed E-state index contributed by atoms with van der Waals surface area (Å²) >= 11 is 1.86. The number of rotatable bonds is 11. The van der Waals surface area contributed by atoms with Crippen molar-refractivity contribution >= 4 is 122 Å². The van der Waals surface area contributed by atoms with Gasteiger partial charge < -0.3 is 24.0 Å². The molecule has 0 amide bonds. The zero-order valence-corrected chi connectivity index (χ0v) is 63.8. The first-order chi connectivity index (χ1) is 57.5. The van der Waals surface area contributed by atoms with E-state index in [-0.39, 0.29) is 0 Å². The summed E-state index contributed by atoms with van der Waals surface area (Å²) in [5.41, 5.74) is 35.8. The highest BCUT2D eigenvalue weighted by Gasteiger charge is 2.54. The number of thiophene rings is 1. The van der Waals surface area contributed by atoms with E-state index in [4.69, 9.17) is 4.42 Å². The van der Waals surface area contributed by atoms with Crippen LogP contribution in [0.3, 0.4) is 0 Å². The lowest BCUT2D eigenvalue weighted by molar-refractivity contribution is 0.669. The van der Waals surface area contributed by atoms with Gasteiger partial charge in [-0.05, 0) is 240 Å². The first kappa shape index (κ1) is 65.8. The predicted molar refractivity (Wildman–Crippen MR) is 483 cm³/mol. The van der Waals surface area contributed by atoms with Crippen LogP contribution >= 0.6 is 11.3 Å². The van der Waals surface area contributed by atoms with Crippen molar-refractivity contribution in [3.05, 3.63) is 469 Å². The van der Waals surface area contributed by atoms with Crippen LogP contribution in [0.15, 0.2) is 429 Å². The zero-order valence-electron chi connectivity index (χ0n) is 63.0. The summed E-state index contributed by atoms with van der Waals surface area (Å²) in [6, 6.07) is 158. The van der Waals surface area contributed by atoms with Crippen LogP contribution in [0.4, 0.5) is 68.2 Å². The van der Waals surface area contributed by atoms with Crippen molar-refractivity contribution in [2.45, 2.75) is 10.8 Å². The fourth-order valence-corrected chi connectivity index (χ4v) is 21.3. The van der Waals surface area contributed by atoms with Gasteiger partial charge in [-0.3, -0.25) is 0 Å². The number of anilines is 12. The molecule has 0 radical (unpaired) electrons. The Morgan fingerprint density at radius 1 is 0.224 bits per heavy atom. The van der Waals surface area contributed by atoms with E-state index in [2.05, 4.69) is 438 Å². The quantitative estimate of drug-likeness (QED) is 0.129. The Morgan fingerprint density at radius 3 is 1.28 bits per heavy atom. The summed E-state index contributed by atoms with van der Waals surface area (Å²) in [4.78, 5) is 9.87. The Bertz CT molecular complexity index is 7270. The van der Waals surface area contributed by atoms with E-state index in [0.29, 0.717) is 0 Å². The lowest BCUT2D eigenvalue weighted by Crippen LogP contribution is -2.36. The third-order valence-corrected chi connectivity index (χ3v) is 26.2. The molecule has 2 spiro atoms. The molecule has 0 saturated carbocycles. The Balaban J connectivity index is 0.586. The first-order valence-electron chi connectivity index (χ1n) is 39.9. The fourth-order valence-electron chi connectivity index (χ4n) is 20.2. The first-order valence-corrected chi connectivity index (χ1v) is 40.8. The maximum atomic E-state index is 6.48. The highest BCUT2D eigenvalue weighted by atomic mass is 32.1. The van der Waals surface area contributed by atoms with Crippen molar-refractivity contribution in [3.63, 3.8) is 0 Å². The number of furan rings is 1. The van der Waals surface area contributed by atoms with E-state index in [1.165, 1.54) is 109 Å². The molecular formula is C110H70N4OS. The summed E-state index contributed by atoms with van der Waals surface area (Å²) < 4.78 is 9.05. The smallest absolute Gasteiger partial charge is 0.135 e. The van der Waals surface area contributed by atoms with Crippen LogP contribution in [0.2, 0.25) is 0 Å². The van der Waals surface area contributed by atoms with Crippen molar-refractivity contribution < 1.29 is 4.42 Å². The minimum absolute atomic E-state index is 0.582. The number of para-hydroxylation sites is 6. The molecule has 18 aromatic carbocycles. The summed E-state index contributed by atoms with van der Waals surface area (Å²) in [5.74, 6) is 0. The Morgan fingerprint density at radius 2 is 0.629 bits per heavy atom. The molecule has 0 unspecified atom stereocenters. The van der Waals surface area contributed by atoms with Crippen LogP contribution < -0.4 is 19.6 Å². The number of hydrogen-bond donors (Lipinski definition) is 0. The highest BCUT2D eigenvalue weighted by molar-refractivity contribution is 7.25. The molecule has 6 heteroatoms. The van der Waals surface area contributed by atoms with Crippen LogP contribution in [0.25, 0.3) is 97.7 Å². The van der Waals surface area contributed by atoms with Crippen LogP contribution in [0, 0.1) is 0 Å². The molecule has 0 saturated heterocycles. The SMILES string of the molecule is c1ccc(-c2ccc(N(c3ccc4sc5ccccc5c4c3)c3cccc4c3-c3ccccc3C43c4ccccc4N(c4ccc(-c5cccc(-c6ccc(N(c7ccc8c(c7)-c7ccccc7C87c8ccccc8N(c8ccccc8)c8ccccc87)c7ccc8oc9ccccc9c8c7)cc6)c5)cc4)c4ccccc43)cc2)cc1. The molecule has 4 aliphatic rings. The topological polar surface area (TPSA) is 26.1 Å². The summed E-state index contributed by atoms with van der Waals surface area (Å²) in [6.07, 6.45) is 0. The molecule has 4 heterocycles. The molecule has 542 valence electrons. The Kier molecular flexibility index (Phi) is 14.7. The average molecular weight is 1500 g/mol. The second kappa shape index (κ2) is 25.9. The monoisotopic (exact) mass is 1490 g/mol. The molecule has 116 heavy (non-hydrogen) atoms. The lowest BCUT2D eigenvalue weighted by atomic mass is 9.64. The average Bonchev–Trinajstić information content (AvgIpc) is 1.48. The number of fused-ring (bicyclic) bond motifs is 24. The van der Waals surface area contributed by atoms with Crippen molar-refractivity contribution in [2.75, 3.05) is 19.6 Å². The molecule has 0 N–H and O–H groups in total. The van der Waals surface area contributed by atoms with Crippen molar-refractivity contribution in [1.29, 1.82) is 0 Å². The van der Waals surface area contributed by atoms with E-state index >= 15 is 0 Å². The standard InChI is InChI=1S/C110H70N4OS/c1-3-25-71(26-4-1)72-49-57-79(58-50-72)112(83-63-66-107-90(70-83)86-33-10-22-48-106(86)116-107)103-46-24-41-98-108(103)87-34-8-12-36-92(87)110(98)96-39-15-19-44-101(96)114(102-45-20-16-40-97(102)110)80-59-53-74(54-60-80)76-28-23-27-75(67-76)73-51-55-78(56-52-73)111(82-62-65-105-89(69-82)85-32-9-21-47-104(85)115-105)81-61-64-93-88(68-81)84-31-7-11-35-91(84)109(93)94-37-13-17-42-99(94)113(77-29-5-2-6-30-77)100-43-18-14-38-95(100)109/h1-70H. The van der Waals surface area contributed by atoms with Gasteiger partial charge >= 0.3 is 0 Å². The van der Waals surface area contributed by atoms with Gasteiger partial charge in [0, 0.05) is 76.3 Å². The number of benzene rings is 18. The second-order valence-corrected chi connectivity index (χ2v) is 32.0. The zero-order chi connectivity index (χ0) is 76.2. The Labute approximate surface area is 676 Å². The summed E-state index contributed by atoms with van der Waals surface area (Å²) in [5, 5.41) is 4.71. The van der Waals surface area contributed by atoms with Gasteiger partial charge in [0.15, 0.2) is 0 Å². The third kappa shape index (κ3) is 9.69. The van der Waals surface area contributed by atoms with Gasteiger partial charge in [0.1, 0.15) is 11.2 Å². The third-order valence-electron chi connectivity index (χ3n) is 25.0. The molecule has 0 fully saturated rings. The maximum absolute atomic E-state index is 6.48. The molecule has 0 atom stereocenters. The fraction of sp³-hybridized carbons (Fsp3) is 0.0182. The van der Waals surface area contributed by atoms with Crippen LogP contribution in [0.1, 0.15) is 44.5 Å². The van der Waals surface area contributed by atoms with Crippen molar-refractivity contribution in [3.8, 4) is 55.6 Å². The van der Waals surface area contributed by atoms with Gasteiger partial charge in [0.25, 0.3) is 0 Å². The van der Waals surface area contributed by atoms with E-state index in [1.807, 2.05) is 17.4 Å². The molecule has 24 rings (SSSR count). The molecule has 2 aliphatic carbocycles. The van der Waals surface area contributed by atoms with Gasteiger partial charge in [-0.2, -0.15) is 0 Å². The highest BCUT2D eigenvalue weighted by Crippen LogP contribution is 2.67. The number of hydrogen-bond acceptors (Lipinski definition) is 6. The van der Waals surface area contributed by atoms with Crippen LogP contribution in [0.5, 0.6) is 0 Å². The van der Waals surface area contributed by atoms with Gasteiger partial charge in [0.2, 0.25) is 0 Å². The van der Waals surface area contributed by atoms with Gasteiger partial charge in [-0.15, -0.1) is 11.3 Å². The van der Waals surface area contributed by atoms with Crippen molar-refractivity contribution in [1.82, 2.24) is 0 Å². The van der Waals surface area contributed by atoms with Gasteiger partial charge in [-0.25, -0.2) is 0 Å². The van der Waals surface area contributed by atoms with E-state index in [0.717, 1.165) is 101 Å². The minimum Gasteiger partial charge on any atom is -0.456 e. The van der Waals surface area contributed by atoms with Crippen LogP contribution in [-0.2, 0) is 10.8 Å². The van der Waals surface area contributed by atoms with Crippen molar-refractivity contribution in [2.24, 2.45) is 0 Å². The molecule has 0 bridgehead atoms. The largest absolute Gasteiger partial charge is 0.456 e. The molecule has 2 aliphatic heterocycles. The lowest BCUT2D eigenvalue weighted by Gasteiger charge is -2.45. The Hall–Kier alpha value is -14.8.